The molecule has 0 aliphatic heterocycles. The molecule has 0 fully saturated rings. The summed E-state index contributed by atoms with van der Waals surface area (Å²) in [6, 6.07) is 0. The van der Waals surface area contributed by atoms with Crippen molar-refractivity contribution >= 4 is 15.8 Å². The van der Waals surface area contributed by atoms with Gasteiger partial charge in [0.05, 0.1) is 25.3 Å². The van der Waals surface area contributed by atoms with Crippen molar-refractivity contribution in [2.75, 3.05) is 31.0 Å². The fourth-order valence-corrected chi connectivity index (χ4v) is 1.72. The molecule has 1 aromatic heterocycles. The highest BCUT2D eigenvalue weighted by Gasteiger charge is 2.01. The number of nitrogens with zero attached hydrogens (tertiary/aromatic N) is 2. The number of ether oxygens (including phenoxy) is 1. The number of anilines is 1. The van der Waals surface area contributed by atoms with Crippen LogP contribution in [0.2, 0.25) is 0 Å². The molecule has 1 aromatic rings. The summed E-state index contributed by atoms with van der Waals surface area (Å²) < 4.78 is 26.6. The molecule has 6 nitrogen and oxygen atoms in total. The maximum atomic E-state index is 10.9. The van der Waals surface area contributed by atoms with Crippen LogP contribution in [0.4, 0.5) is 5.95 Å². The Morgan fingerprint density at radius 3 is 2.50 bits per heavy atom. The zero-order valence-corrected chi connectivity index (χ0v) is 10.1. The first-order valence-electron chi connectivity index (χ1n) is 4.79. The van der Waals surface area contributed by atoms with Crippen LogP contribution in [0.1, 0.15) is 6.42 Å². The molecule has 0 saturated carbocycles. The summed E-state index contributed by atoms with van der Waals surface area (Å²) in [5, 5.41) is 2.93. The average molecular weight is 245 g/mol. The molecule has 0 amide bonds. The van der Waals surface area contributed by atoms with Crippen LogP contribution < -0.4 is 10.1 Å². The van der Waals surface area contributed by atoms with E-state index in [4.69, 9.17) is 4.74 Å². The molecule has 0 bridgehead atoms. The van der Waals surface area contributed by atoms with Gasteiger partial charge in [-0.2, -0.15) is 0 Å². The van der Waals surface area contributed by atoms with Crippen molar-refractivity contribution in [1.82, 2.24) is 9.97 Å². The van der Waals surface area contributed by atoms with Crippen molar-refractivity contribution in [1.29, 1.82) is 0 Å². The smallest absolute Gasteiger partial charge is 0.222 e. The van der Waals surface area contributed by atoms with E-state index in [0.29, 0.717) is 24.7 Å². The highest BCUT2D eigenvalue weighted by molar-refractivity contribution is 7.90. The summed E-state index contributed by atoms with van der Waals surface area (Å²) in [5.41, 5.74) is 0. The largest absolute Gasteiger partial charge is 0.494 e. The first kappa shape index (κ1) is 12.7. The number of aromatic nitrogens is 2. The molecule has 1 N–H and O–H groups in total. The van der Waals surface area contributed by atoms with Crippen molar-refractivity contribution in [3.63, 3.8) is 0 Å². The fraction of sp³-hybridized carbons (Fsp3) is 0.556. The molecule has 0 unspecified atom stereocenters. The minimum atomic E-state index is -2.89. The molecule has 1 heterocycles. The zero-order chi connectivity index (χ0) is 12.0. The summed E-state index contributed by atoms with van der Waals surface area (Å²) in [4.78, 5) is 7.97. The second kappa shape index (κ2) is 5.64. The molecule has 7 heteroatoms. The van der Waals surface area contributed by atoms with Gasteiger partial charge in [-0.3, -0.25) is 0 Å². The number of rotatable bonds is 6. The van der Waals surface area contributed by atoms with Crippen LogP contribution in [0, 0.1) is 0 Å². The highest BCUT2D eigenvalue weighted by atomic mass is 32.2. The molecule has 0 saturated heterocycles. The Labute approximate surface area is 95.0 Å². The molecule has 1 rings (SSSR count). The third-order valence-electron chi connectivity index (χ3n) is 1.84. The fourth-order valence-electron chi connectivity index (χ4n) is 1.05. The molecule has 0 atom stereocenters. The van der Waals surface area contributed by atoms with E-state index in [9.17, 15) is 8.42 Å². The summed E-state index contributed by atoms with van der Waals surface area (Å²) in [6.45, 7) is 0.527. The maximum Gasteiger partial charge on any atom is 0.222 e. The van der Waals surface area contributed by atoms with Crippen molar-refractivity contribution in [2.45, 2.75) is 6.42 Å². The van der Waals surface area contributed by atoms with Crippen LogP contribution >= 0.6 is 0 Å². The van der Waals surface area contributed by atoms with Crippen LogP contribution in [0.25, 0.3) is 0 Å². The molecule has 0 aliphatic carbocycles. The second-order valence-corrected chi connectivity index (χ2v) is 5.62. The Morgan fingerprint density at radius 2 is 2.00 bits per heavy atom. The SMILES string of the molecule is COc1cnc(NCCCS(C)(=O)=O)nc1. The summed E-state index contributed by atoms with van der Waals surface area (Å²) in [5.74, 6) is 1.21. The van der Waals surface area contributed by atoms with E-state index in [1.165, 1.54) is 13.4 Å². The van der Waals surface area contributed by atoms with E-state index >= 15 is 0 Å². The van der Waals surface area contributed by atoms with E-state index in [1.54, 1.807) is 12.4 Å². The monoisotopic (exact) mass is 245 g/mol. The normalized spacial score (nSPS) is 11.1. The standard InChI is InChI=1S/C9H15N3O3S/c1-15-8-6-11-9(12-7-8)10-4-3-5-16(2,13)14/h6-7H,3-5H2,1-2H3,(H,10,11,12). The van der Waals surface area contributed by atoms with Gasteiger partial charge in [-0.25, -0.2) is 18.4 Å². The van der Waals surface area contributed by atoms with Crippen molar-refractivity contribution in [2.24, 2.45) is 0 Å². The molecule has 16 heavy (non-hydrogen) atoms. The quantitative estimate of drug-likeness (QED) is 0.727. The van der Waals surface area contributed by atoms with Gasteiger partial charge < -0.3 is 10.1 Å². The van der Waals surface area contributed by atoms with Crippen molar-refractivity contribution in [3.8, 4) is 5.75 Å². The van der Waals surface area contributed by atoms with Gasteiger partial charge in [0, 0.05) is 12.8 Å². The van der Waals surface area contributed by atoms with E-state index in [-0.39, 0.29) is 5.75 Å². The minimum absolute atomic E-state index is 0.163. The average Bonchev–Trinajstić information content (AvgIpc) is 2.24. The number of nitrogens with one attached hydrogen (secondary N) is 1. The Hall–Kier alpha value is -1.37. The number of hydrogen-bond acceptors (Lipinski definition) is 6. The Kier molecular flexibility index (Phi) is 4.48. The van der Waals surface area contributed by atoms with Gasteiger partial charge in [-0.15, -0.1) is 0 Å². The van der Waals surface area contributed by atoms with Crippen LogP contribution in [0.15, 0.2) is 12.4 Å². The topological polar surface area (TPSA) is 81.2 Å². The predicted octanol–water partition coefficient (Wildman–Crippen LogP) is 0.332. The molecular formula is C9H15N3O3S. The van der Waals surface area contributed by atoms with Crippen LogP contribution in [0.3, 0.4) is 0 Å². The molecular weight excluding hydrogens is 230 g/mol. The summed E-state index contributed by atoms with van der Waals surface area (Å²) in [6.07, 6.45) is 4.85. The van der Waals surface area contributed by atoms with Crippen molar-refractivity contribution < 1.29 is 13.2 Å². The second-order valence-electron chi connectivity index (χ2n) is 3.36. The van der Waals surface area contributed by atoms with Gasteiger partial charge in [0.1, 0.15) is 9.84 Å². The lowest BCUT2D eigenvalue weighted by molar-refractivity contribution is 0.411. The molecule has 0 aliphatic rings. The van der Waals surface area contributed by atoms with Gasteiger partial charge in [-0.05, 0) is 6.42 Å². The highest BCUT2D eigenvalue weighted by Crippen LogP contribution is 2.06. The Bertz CT molecular complexity index is 416. The lowest BCUT2D eigenvalue weighted by Crippen LogP contribution is -2.11. The number of methoxy groups -OCH3 is 1. The van der Waals surface area contributed by atoms with Gasteiger partial charge in [0.25, 0.3) is 0 Å². The van der Waals surface area contributed by atoms with Crippen LogP contribution in [0.5, 0.6) is 5.75 Å². The lowest BCUT2D eigenvalue weighted by Gasteiger charge is -2.04. The van der Waals surface area contributed by atoms with Crippen LogP contribution in [-0.4, -0.2) is 44.0 Å². The first-order chi connectivity index (χ1) is 7.51. The maximum absolute atomic E-state index is 10.9. The van der Waals surface area contributed by atoms with E-state index in [1.807, 2.05) is 0 Å². The van der Waals surface area contributed by atoms with Crippen LogP contribution in [-0.2, 0) is 9.84 Å². The Morgan fingerprint density at radius 1 is 1.38 bits per heavy atom. The lowest BCUT2D eigenvalue weighted by atomic mass is 10.5. The van der Waals surface area contributed by atoms with Gasteiger partial charge in [0.2, 0.25) is 5.95 Å². The van der Waals surface area contributed by atoms with Gasteiger partial charge in [0.15, 0.2) is 5.75 Å². The first-order valence-corrected chi connectivity index (χ1v) is 6.85. The third-order valence-corrected chi connectivity index (χ3v) is 2.87. The predicted molar refractivity (Wildman–Crippen MR) is 61.4 cm³/mol. The van der Waals surface area contributed by atoms with E-state index in [2.05, 4.69) is 15.3 Å². The summed E-state index contributed by atoms with van der Waals surface area (Å²) in [7, 11) is -1.35. The molecule has 0 radical (unpaired) electrons. The number of hydrogen-bond donors (Lipinski definition) is 1. The van der Waals surface area contributed by atoms with Gasteiger partial charge >= 0.3 is 0 Å². The molecule has 0 aromatic carbocycles. The van der Waals surface area contributed by atoms with Gasteiger partial charge in [-0.1, -0.05) is 0 Å². The Balaban J connectivity index is 2.32. The van der Waals surface area contributed by atoms with E-state index in [0.717, 1.165) is 0 Å². The minimum Gasteiger partial charge on any atom is -0.494 e. The zero-order valence-electron chi connectivity index (χ0n) is 9.30. The third kappa shape index (κ3) is 4.92. The molecule has 0 spiro atoms. The summed E-state index contributed by atoms with van der Waals surface area (Å²) >= 11 is 0. The molecule has 90 valence electrons. The van der Waals surface area contributed by atoms with E-state index < -0.39 is 9.84 Å². The van der Waals surface area contributed by atoms with Crippen molar-refractivity contribution in [3.05, 3.63) is 12.4 Å². The number of sulfone groups is 1.